The summed E-state index contributed by atoms with van der Waals surface area (Å²) in [6.07, 6.45) is 1.36. The van der Waals surface area contributed by atoms with Crippen molar-refractivity contribution in [3.63, 3.8) is 0 Å². The second-order valence-corrected chi connectivity index (χ2v) is 4.38. The van der Waals surface area contributed by atoms with Gasteiger partial charge in [0.25, 0.3) is 0 Å². The minimum absolute atomic E-state index is 0.792. The highest BCUT2D eigenvalue weighted by molar-refractivity contribution is 5.03. The molecular weight excluding hydrogens is 132 g/mol. The summed E-state index contributed by atoms with van der Waals surface area (Å²) in [6.45, 7) is 13.3. The highest BCUT2D eigenvalue weighted by Gasteiger charge is 2.35. The van der Waals surface area contributed by atoms with Gasteiger partial charge in [-0.25, -0.2) is 0 Å². The number of hydrogen-bond donors (Lipinski definition) is 0. The van der Waals surface area contributed by atoms with E-state index in [4.69, 9.17) is 0 Å². The van der Waals surface area contributed by atoms with Gasteiger partial charge >= 0.3 is 0 Å². The summed E-state index contributed by atoms with van der Waals surface area (Å²) in [5, 5.41) is 0. The Labute approximate surface area is 70.7 Å². The molecule has 1 aliphatic rings. The summed E-state index contributed by atoms with van der Waals surface area (Å²) in [5.41, 5.74) is 1.38. The van der Waals surface area contributed by atoms with Crippen LogP contribution in [0.1, 0.15) is 34.1 Å². The fraction of sp³-hybridized carbons (Fsp3) is 0.818. The molecule has 0 nitrogen and oxygen atoms in total. The first-order chi connectivity index (χ1) is 5.04. The van der Waals surface area contributed by atoms with Crippen LogP contribution in [0.2, 0.25) is 0 Å². The van der Waals surface area contributed by atoms with Gasteiger partial charge in [-0.3, -0.25) is 0 Å². The van der Waals surface area contributed by atoms with E-state index in [0.29, 0.717) is 0 Å². The van der Waals surface area contributed by atoms with Crippen LogP contribution < -0.4 is 0 Å². The molecule has 1 fully saturated rings. The van der Waals surface area contributed by atoms with Gasteiger partial charge in [0.1, 0.15) is 0 Å². The van der Waals surface area contributed by atoms with Crippen molar-refractivity contribution in [1.29, 1.82) is 0 Å². The van der Waals surface area contributed by atoms with Gasteiger partial charge in [0.05, 0.1) is 0 Å². The second-order valence-electron chi connectivity index (χ2n) is 4.38. The van der Waals surface area contributed by atoms with Gasteiger partial charge in [-0.15, -0.1) is 0 Å². The van der Waals surface area contributed by atoms with Crippen molar-refractivity contribution in [3.8, 4) is 0 Å². The van der Waals surface area contributed by atoms with Crippen LogP contribution >= 0.6 is 0 Å². The first-order valence-corrected chi connectivity index (χ1v) is 4.69. The van der Waals surface area contributed by atoms with E-state index < -0.39 is 0 Å². The number of allylic oxidation sites excluding steroid dienone is 1. The SMILES string of the molecule is C=C(C)C1CC(C)C(C)C1C. The maximum atomic E-state index is 4.06. The summed E-state index contributed by atoms with van der Waals surface area (Å²) >= 11 is 0. The van der Waals surface area contributed by atoms with Gasteiger partial charge in [-0.1, -0.05) is 32.9 Å². The monoisotopic (exact) mass is 152 g/mol. The van der Waals surface area contributed by atoms with Gasteiger partial charge < -0.3 is 0 Å². The van der Waals surface area contributed by atoms with E-state index >= 15 is 0 Å². The largest absolute Gasteiger partial charge is 0.0999 e. The molecule has 4 unspecified atom stereocenters. The van der Waals surface area contributed by atoms with Gasteiger partial charge in [0, 0.05) is 0 Å². The van der Waals surface area contributed by atoms with Gasteiger partial charge in [-0.05, 0) is 37.0 Å². The minimum atomic E-state index is 0.792. The zero-order valence-electron chi connectivity index (χ0n) is 8.22. The molecule has 1 saturated carbocycles. The molecule has 0 aromatic rings. The molecule has 4 atom stereocenters. The lowest BCUT2D eigenvalue weighted by Crippen LogP contribution is -2.10. The lowest BCUT2D eigenvalue weighted by Gasteiger charge is -2.18. The van der Waals surface area contributed by atoms with Crippen molar-refractivity contribution in [3.05, 3.63) is 12.2 Å². The summed E-state index contributed by atoms with van der Waals surface area (Å²) in [5.74, 6) is 3.42. The quantitative estimate of drug-likeness (QED) is 0.504. The Morgan fingerprint density at radius 2 is 1.73 bits per heavy atom. The van der Waals surface area contributed by atoms with E-state index in [1.165, 1.54) is 12.0 Å². The zero-order chi connectivity index (χ0) is 8.59. The Hall–Kier alpha value is -0.260. The van der Waals surface area contributed by atoms with Gasteiger partial charge in [0.15, 0.2) is 0 Å². The molecule has 64 valence electrons. The van der Waals surface area contributed by atoms with Crippen LogP contribution in [0.5, 0.6) is 0 Å². The molecule has 1 rings (SSSR count). The minimum Gasteiger partial charge on any atom is -0.0999 e. The lowest BCUT2D eigenvalue weighted by molar-refractivity contribution is 0.359. The average molecular weight is 152 g/mol. The summed E-state index contributed by atoms with van der Waals surface area (Å²) in [7, 11) is 0. The Morgan fingerprint density at radius 3 is 1.91 bits per heavy atom. The third-order valence-corrected chi connectivity index (χ3v) is 3.62. The normalized spacial score (nSPS) is 44.4. The third kappa shape index (κ3) is 1.50. The smallest absolute Gasteiger partial charge is 0.0178 e. The Bertz CT molecular complexity index is 157. The van der Waals surface area contributed by atoms with E-state index in [1.807, 2.05) is 0 Å². The number of rotatable bonds is 1. The molecule has 0 aromatic carbocycles. The number of hydrogen-bond acceptors (Lipinski definition) is 0. The molecule has 0 N–H and O–H groups in total. The van der Waals surface area contributed by atoms with Crippen molar-refractivity contribution < 1.29 is 0 Å². The molecule has 0 heteroatoms. The predicted molar refractivity (Wildman–Crippen MR) is 50.4 cm³/mol. The fourth-order valence-electron chi connectivity index (χ4n) is 2.36. The predicted octanol–water partition coefficient (Wildman–Crippen LogP) is 3.49. The maximum Gasteiger partial charge on any atom is -0.0178 e. The van der Waals surface area contributed by atoms with Crippen LogP contribution in [0.15, 0.2) is 12.2 Å². The zero-order valence-corrected chi connectivity index (χ0v) is 8.22. The standard InChI is InChI=1S/C11H20/c1-7(2)11-6-8(3)9(4)10(11)5/h8-11H,1,6H2,2-5H3. The summed E-state index contributed by atoms with van der Waals surface area (Å²) in [6, 6.07) is 0. The van der Waals surface area contributed by atoms with E-state index in [9.17, 15) is 0 Å². The van der Waals surface area contributed by atoms with Crippen molar-refractivity contribution in [2.45, 2.75) is 34.1 Å². The van der Waals surface area contributed by atoms with Crippen LogP contribution in [0, 0.1) is 23.7 Å². The van der Waals surface area contributed by atoms with Crippen molar-refractivity contribution in [2.75, 3.05) is 0 Å². The Balaban J connectivity index is 2.67. The third-order valence-electron chi connectivity index (χ3n) is 3.62. The molecule has 0 aliphatic heterocycles. The Kier molecular flexibility index (Phi) is 2.41. The highest BCUT2D eigenvalue weighted by Crippen LogP contribution is 2.43. The van der Waals surface area contributed by atoms with Crippen LogP contribution in [0.4, 0.5) is 0 Å². The molecule has 0 aromatic heterocycles. The first kappa shape index (κ1) is 8.83. The Morgan fingerprint density at radius 1 is 1.18 bits per heavy atom. The van der Waals surface area contributed by atoms with E-state index in [-0.39, 0.29) is 0 Å². The lowest BCUT2D eigenvalue weighted by atomic mass is 9.88. The molecular formula is C11H20. The van der Waals surface area contributed by atoms with Crippen molar-refractivity contribution in [1.82, 2.24) is 0 Å². The van der Waals surface area contributed by atoms with E-state index in [0.717, 1.165) is 23.7 Å². The van der Waals surface area contributed by atoms with Crippen LogP contribution in [-0.2, 0) is 0 Å². The fourth-order valence-corrected chi connectivity index (χ4v) is 2.36. The maximum absolute atomic E-state index is 4.06. The average Bonchev–Trinajstić information content (AvgIpc) is 2.17. The molecule has 1 aliphatic carbocycles. The molecule has 0 saturated heterocycles. The molecule has 0 amide bonds. The molecule has 0 radical (unpaired) electrons. The molecule has 0 spiro atoms. The van der Waals surface area contributed by atoms with Crippen molar-refractivity contribution in [2.24, 2.45) is 23.7 Å². The van der Waals surface area contributed by atoms with Gasteiger partial charge in [-0.2, -0.15) is 0 Å². The van der Waals surface area contributed by atoms with Crippen LogP contribution in [0.25, 0.3) is 0 Å². The summed E-state index contributed by atoms with van der Waals surface area (Å²) < 4.78 is 0. The molecule has 0 bridgehead atoms. The van der Waals surface area contributed by atoms with Gasteiger partial charge in [0.2, 0.25) is 0 Å². The first-order valence-electron chi connectivity index (χ1n) is 4.69. The van der Waals surface area contributed by atoms with Crippen LogP contribution in [-0.4, -0.2) is 0 Å². The van der Waals surface area contributed by atoms with E-state index in [1.54, 1.807) is 0 Å². The van der Waals surface area contributed by atoms with E-state index in [2.05, 4.69) is 34.3 Å². The molecule has 11 heavy (non-hydrogen) atoms. The summed E-state index contributed by atoms with van der Waals surface area (Å²) in [4.78, 5) is 0. The van der Waals surface area contributed by atoms with Crippen molar-refractivity contribution >= 4 is 0 Å². The highest BCUT2D eigenvalue weighted by atomic mass is 14.4. The molecule has 0 heterocycles. The second kappa shape index (κ2) is 3.00. The topological polar surface area (TPSA) is 0 Å². The van der Waals surface area contributed by atoms with Crippen LogP contribution in [0.3, 0.4) is 0 Å².